The van der Waals surface area contributed by atoms with Crippen molar-refractivity contribution in [2.75, 3.05) is 0 Å². The van der Waals surface area contributed by atoms with E-state index in [4.69, 9.17) is 5.26 Å². The molecule has 134 valence electrons. The van der Waals surface area contributed by atoms with Gasteiger partial charge in [0, 0.05) is 11.1 Å². The predicted octanol–water partition coefficient (Wildman–Crippen LogP) is 2.45. The molecule has 7 heteroatoms. The Morgan fingerprint density at radius 1 is 1.19 bits per heavy atom. The lowest BCUT2D eigenvalue weighted by molar-refractivity contribution is -0.120. The second-order valence-corrected chi connectivity index (χ2v) is 5.78. The molecule has 0 aliphatic carbocycles. The van der Waals surface area contributed by atoms with E-state index in [1.165, 1.54) is 11.5 Å². The van der Waals surface area contributed by atoms with E-state index in [0.717, 1.165) is 0 Å². The molecule has 0 radical (unpaired) electrons. The number of pyridine rings is 1. The van der Waals surface area contributed by atoms with Gasteiger partial charge in [-0.05, 0) is 31.2 Å². The van der Waals surface area contributed by atoms with E-state index < -0.39 is 11.5 Å². The van der Waals surface area contributed by atoms with Crippen molar-refractivity contribution >= 4 is 22.5 Å². The lowest BCUT2D eigenvalue weighted by Crippen LogP contribution is -2.27. The van der Waals surface area contributed by atoms with E-state index in [-0.39, 0.29) is 23.4 Å². The van der Waals surface area contributed by atoms with Crippen LogP contribution in [0.5, 0.6) is 5.75 Å². The Labute approximate surface area is 154 Å². The summed E-state index contributed by atoms with van der Waals surface area (Å²) in [4.78, 5) is 24.6. The summed E-state index contributed by atoms with van der Waals surface area (Å²) >= 11 is 0. The van der Waals surface area contributed by atoms with Crippen molar-refractivity contribution in [3.63, 3.8) is 0 Å². The van der Waals surface area contributed by atoms with Crippen LogP contribution in [0.1, 0.15) is 18.9 Å². The number of hydrogen-bond acceptors (Lipinski definition) is 5. The van der Waals surface area contributed by atoms with Crippen LogP contribution < -0.4 is 11.0 Å². The minimum atomic E-state index is -0.597. The quantitative estimate of drug-likeness (QED) is 0.550. The summed E-state index contributed by atoms with van der Waals surface area (Å²) in [5.74, 6) is -0.806. The first-order chi connectivity index (χ1) is 13.0. The molecule has 0 unspecified atom stereocenters. The molecule has 3 aromatic rings. The van der Waals surface area contributed by atoms with Crippen LogP contribution in [0, 0.1) is 11.3 Å². The van der Waals surface area contributed by atoms with Gasteiger partial charge in [0.15, 0.2) is 0 Å². The van der Waals surface area contributed by atoms with Gasteiger partial charge in [-0.25, -0.2) is 5.43 Å². The summed E-state index contributed by atoms with van der Waals surface area (Å²) in [5.41, 5.74) is 3.06. The largest absolute Gasteiger partial charge is 0.506 e. The van der Waals surface area contributed by atoms with Crippen molar-refractivity contribution in [3.05, 3.63) is 70.5 Å². The highest BCUT2D eigenvalue weighted by Crippen LogP contribution is 2.28. The van der Waals surface area contributed by atoms with Gasteiger partial charge in [-0.3, -0.25) is 14.2 Å². The zero-order valence-corrected chi connectivity index (χ0v) is 14.5. The number of rotatable bonds is 4. The maximum absolute atomic E-state index is 13.2. The van der Waals surface area contributed by atoms with Gasteiger partial charge in [0.1, 0.15) is 17.7 Å². The minimum absolute atomic E-state index is 0.0187. The number of amides is 1. The summed E-state index contributed by atoms with van der Waals surface area (Å²) in [7, 11) is 0. The van der Waals surface area contributed by atoms with Crippen molar-refractivity contribution in [2.24, 2.45) is 5.10 Å². The van der Waals surface area contributed by atoms with Crippen LogP contribution in [0.4, 0.5) is 0 Å². The number of aromatic hydroxyl groups is 1. The Bertz CT molecular complexity index is 1140. The third-order valence-electron chi connectivity index (χ3n) is 4.02. The Hall–Kier alpha value is -3.92. The number of para-hydroxylation sites is 2. The van der Waals surface area contributed by atoms with Crippen molar-refractivity contribution in [3.8, 4) is 17.5 Å². The first-order valence-corrected chi connectivity index (χ1v) is 8.17. The Morgan fingerprint density at radius 2 is 1.85 bits per heavy atom. The molecule has 0 atom stereocenters. The van der Waals surface area contributed by atoms with Gasteiger partial charge in [-0.2, -0.15) is 10.4 Å². The summed E-state index contributed by atoms with van der Waals surface area (Å²) < 4.78 is 1.49. The van der Waals surface area contributed by atoms with E-state index in [1.54, 1.807) is 42.5 Å². The number of nitriles is 1. The standard InChI is InChI=1S/C20H16N4O3/c1-13(22-23-17(25)11-12-21)18-19(26)15-9-5-6-10-16(15)24(20(18)27)14-7-3-2-4-8-14/h2-10,26H,11H2,1H3,(H,23,25)/b22-13+. The van der Waals surface area contributed by atoms with Gasteiger partial charge in [0.05, 0.1) is 17.3 Å². The fraction of sp³-hybridized carbons (Fsp3) is 0.100. The van der Waals surface area contributed by atoms with Crippen LogP contribution >= 0.6 is 0 Å². The second kappa shape index (κ2) is 7.54. The molecule has 2 N–H and O–H groups in total. The number of hydrazone groups is 1. The SMILES string of the molecule is C/C(=N\NC(=O)CC#N)c1c(O)c2ccccc2n(-c2ccccc2)c1=O. The first kappa shape index (κ1) is 17.9. The fourth-order valence-corrected chi connectivity index (χ4v) is 2.80. The summed E-state index contributed by atoms with van der Waals surface area (Å²) in [6.45, 7) is 1.51. The summed E-state index contributed by atoms with van der Waals surface area (Å²) in [6.07, 6.45) is -0.352. The van der Waals surface area contributed by atoms with E-state index in [9.17, 15) is 14.7 Å². The number of hydrogen-bond donors (Lipinski definition) is 2. The Kier molecular flexibility index (Phi) is 4.99. The Balaban J connectivity index is 2.26. The number of fused-ring (bicyclic) bond motifs is 1. The van der Waals surface area contributed by atoms with Gasteiger partial charge in [-0.15, -0.1) is 0 Å². The monoisotopic (exact) mass is 360 g/mol. The van der Waals surface area contributed by atoms with Gasteiger partial charge < -0.3 is 5.11 Å². The number of benzene rings is 2. The van der Waals surface area contributed by atoms with E-state index in [1.807, 2.05) is 18.2 Å². The zero-order valence-electron chi connectivity index (χ0n) is 14.5. The molecule has 0 aliphatic heterocycles. The highest BCUT2D eigenvalue weighted by Gasteiger charge is 2.19. The molecule has 0 saturated carbocycles. The molecule has 1 aromatic heterocycles. The highest BCUT2D eigenvalue weighted by molar-refractivity contribution is 6.05. The molecule has 0 bridgehead atoms. The third-order valence-corrected chi connectivity index (χ3v) is 4.02. The zero-order chi connectivity index (χ0) is 19.4. The number of nitrogens with zero attached hydrogens (tertiary/aromatic N) is 3. The van der Waals surface area contributed by atoms with Gasteiger partial charge >= 0.3 is 0 Å². The molecule has 7 nitrogen and oxygen atoms in total. The van der Waals surface area contributed by atoms with Crippen molar-refractivity contribution in [1.29, 1.82) is 5.26 Å². The molecule has 1 heterocycles. The van der Waals surface area contributed by atoms with Crippen LogP contribution in [-0.4, -0.2) is 21.3 Å². The van der Waals surface area contributed by atoms with E-state index in [2.05, 4.69) is 10.5 Å². The predicted molar refractivity (Wildman–Crippen MR) is 102 cm³/mol. The molecule has 1 amide bonds. The number of nitrogens with one attached hydrogen (secondary N) is 1. The van der Waals surface area contributed by atoms with Crippen LogP contribution in [0.15, 0.2) is 64.5 Å². The van der Waals surface area contributed by atoms with Gasteiger partial charge in [0.25, 0.3) is 11.5 Å². The topological polar surface area (TPSA) is 107 Å². The van der Waals surface area contributed by atoms with Crippen LogP contribution in [-0.2, 0) is 4.79 Å². The highest BCUT2D eigenvalue weighted by atomic mass is 16.3. The second-order valence-electron chi connectivity index (χ2n) is 5.78. The average molecular weight is 360 g/mol. The number of carbonyl (C=O) groups excluding carboxylic acids is 1. The molecule has 2 aromatic carbocycles. The maximum atomic E-state index is 13.2. The molecular formula is C20H16N4O3. The van der Waals surface area contributed by atoms with Gasteiger partial charge in [0.2, 0.25) is 0 Å². The molecule has 0 fully saturated rings. The van der Waals surface area contributed by atoms with Crippen molar-refractivity contribution in [1.82, 2.24) is 9.99 Å². The van der Waals surface area contributed by atoms with E-state index >= 15 is 0 Å². The fourth-order valence-electron chi connectivity index (χ4n) is 2.80. The van der Waals surface area contributed by atoms with Crippen LogP contribution in [0.2, 0.25) is 0 Å². The number of aromatic nitrogens is 1. The smallest absolute Gasteiger partial charge is 0.268 e. The van der Waals surface area contributed by atoms with E-state index in [0.29, 0.717) is 16.6 Å². The molecule has 3 rings (SSSR count). The first-order valence-electron chi connectivity index (χ1n) is 8.17. The normalized spacial score (nSPS) is 11.2. The molecule has 0 spiro atoms. The third kappa shape index (κ3) is 3.41. The summed E-state index contributed by atoms with van der Waals surface area (Å²) in [5, 5.41) is 23.6. The number of carbonyl (C=O) groups is 1. The molecule has 0 aliphatic rings. The minimum Gasteiger partial charge on any atom is -0.506 e. The van der Waals surface area contributed by atoms with Crippen molar-refractivity contribution < 1.29 is 9.90 Å². The lowest BCUT2D eigenvalue weighted by Gasteiger charge is -2.15. The maximum Gasteiger partial charge on any atom is 0.268 e. The molecule has 27 heavy (non-hydrogen) atoms. The van der Waals surface area contributed by atoms with Crippen LogP contribution in [0.3, 0.4) is 0 Å². The molecule has 0 saturated heterocycles. The van der Waals surface area contributed by atoms with Crippen molar-refractivity contribution in [2.45, 2.75) is 13.3 Å². The lowest BCUT2D eigenvalue weighted by atomic mass is 10.1. The van der Waals surface area contributed by atoms with Gasteiger partial charge in [-0.1, -0.05) is 30.3 Å². The average Bonchev–Trinajstić information content (AvgIpc) is 2.68. The Morgan fingerprint density at radius 3 is 2.56 bits per heavy atom. The van der Waals surface area contributed by atoms with Crippen LogP contribution in [0.25, 0.3) is 16.6 Å². The molecular weight excluding hydrogens is 344 g/mol. The summed E-state index contributed by atoms with van der Waals surface area (Å²) in [6, 6.07) is 17.7.